The van der Waals surface area contributed by atoms with Gasteiger partial charge in [-0.15, -0.1) is 0 Å². The average molecular weight is 381 g/mol. The van der Waals surface area contributed by atoms with Gasteiger partial charge in [-0.3, -0.25) is 9.59 Å². The van der Waals surface area contributed by atoms with Crippen molar-refractivity contribution >= 4 is 17.5 Å². The van der Waals surface area contributed by atoms with Gasteiger partial charge >= 0.3 is 0 Å². The molecule has 4 rings (SSSR count). The Bertz CT molecular complexity index is 899. The highest BCUT2D eigenvalue weighted by Crippen LogP contribution is 2.32. The van der Waals surface area contributed by atoms with Crippen LogP contribution >= 0.6 is 0 Å². The van der Waals surface area contributed by atoms with Gasteiger partial charge < -0.3 is 25.4 Å². The number of anilines is 1. The van der Waals surface area contributed by atoms with Gasteiger partial charge in [0.25, 0.3) is 0 Å². The van der Waals surface area contributed by atoms with E-state index in [1.807, 2.05) is 18.2 Å². The fourth-order valence-corrected chi connectivity index (χ4v) is 3.39. The Labute approximate surface area is 163 Å². The number of nitrogens with one attached hydrogen (secondary N) is 3. The fraction of sp³-hybridized carbons (Fsp3) is 0.333. The molecule has 0 bridgehead atoms. The Kier molecular flexibility index (Phi) is 5.16. The van der Waals surface area contributed by atoms with E-state index in [9.17, 15) is 9.59 Å². The van der Waals surface area contributed by atoms with E-state index in [2.05, 4.69) is 22.0 Å². The first-order chi connectivity index (χ1) is 13.6. The third-order valence-electron chi connectivity index (χ3n) is 4.96. The molecule has 146 valence electrons. The summed E-state index contributed by atoms with van der Waals surface area (Å²) in [6.07, 6.45) is 0.610. The zero-order valence-electron chi connectivity index (χ0n) is 15.7. The SMILES string of the molecule is C[C@H](NC(=O)[C@@H]1Cc2ccccc2CN1)C(=O)Nc1ccc2c(c1)OCCO2. The van der Waals surface area contributed by atoms with Gasteiger partial charge in [0.05, 0.1) is 6.04 Å². The normalized spacial score (nSPS) is 18.5. The van der Waals surface area contributed by atoms with Crippen molar-refractivity contribution in [2.75, 3.05) is 18.5 Å². The second kappa shape index (κ2) is 7.90. The molecule has 2 aromatic rings. The van der Waals surface area contributed by atoms with Crippen LogP contribution in [0.2, 0.25) is 0 Å². The molecule has 7 nitrogen and oxygen atoms in total. The number of amides is 2. The van der Waals surface area contributed by atoms with Crippen LogP contribution < -0.4 is 25.4 Å². The van der Waals surface area contributed by atoms with Crippen LogP contribution in [0.1, 0.15) is 18.1 Å². The van der Waals surface area contributed by atoms with Gasteiger partial charge in [-0.1, -0.05) is 24.3 Å². The van der Waals surface area contributed by atoms with Gasteiger partial charge in [0.15, 0.2) is 11.5 Å². The minimum Gasteiger partial charge on any atom is -0.486 e. The number of benzene rings is 2. The van der Waals surface area contributed by atoms with Crippen molar-refractivity contribution in [2.45, 2.75) is 32.0 Å². The second-order valence-corrected chi connectivity index (χ2v) is 6.98. The van der Waals surface area contributed by atoms with Crippen LogP contribution in [0.15, 0.2) is 42.5 Å². The molecule has 2 aliphatic heterocycles. The van der Waals surface area contributed by atoms with E-state index in [1.54, 1.807) is 25.1 Å². The molecule has 7 heteroatoms. The second-order valence-electron chi connectivity index (χ2n) is 6.98. The Morgan fingerprint density at radius 3 is 2.64 bits per heavy atom. The molecule has 0 saturated carbocycles. The van der Waals surface area contributed by atoms with E-state index < -0.39 is 6.04 Å². The van der Waals surface area contributed by atoms with Gasteiger partial charge in [-0.25, -0.2) is 0 Å². The predicted molar refractivity (Wildman–Crippen MR) is 104 cm³/mol. The summed E-state index contributed by atoms with van der Waals surface area (Å²) in [7, 11) is 0. The lowest BCUT2D eigenvalue weighted by Crippen LogP contribution is -2.52. The summed E-state index contributed by atoms with van der Waals surface area (Å²) in [4.78, 5) is 25.1. The van der Waals surface area contributed by atoms with Crippen LogP contribution in [0.3, 0.4) is 0 Å². The molecular formula is C21H23N3O4. The van der Waals surface area contributed by atoms with Crippen LogP contribution in [0.5, 0.6) is 11.5 Å². The largest absolute Gasteiger partial charge is 0.486 e. The molecule has 2 amide bonds. The first kappa shape index (κ1) is 18.3. The lowest BCUT2D eigenvalue weighted by Gasteiger charge is -2.26. The maximum absolute atomic E-state index is 12.6. The minimum atomic E-state index is -0.667. The third-order valence-corrected chi connectivity index (χ3v) is 4.96. The number of hydrogen-bond donors (Lipinski definition) is 3. The van der Waals surface area contributed by atoms with Gasteiger partial charge in [0.2, 0.25) is 11.8 Å². The van der Waals surface area contributed by atoms with E-state index in [0.29, 0.717) is 43.4 Å². The highest BCUT2D eigenvalue weighted by molar-refractivity contribution is 5.97. The molecule has 3 N–H and O–H groups in total. The van der Waals surface area contributed by atoms with Gasteiger partial charge in [0, 0.05) is 18.3 Å². The molecular weight excluding hydrogens is 358 g/mol. The van der Waals surface area contributed by atoms with Crippen molar-refractivity contribution in [2.24, 2.45) is 0 Å². The number of rotatable bonds is 4. The zero-order chi connectivity index (χ0) is 19.5. The third kappa shape index (κ3) is 3.94. The predicted octanol–water partition coefficient (Wildman–Crippen LogP) is 1.62. The molecule has 0 saturated heterocycles. The molecule has 0 spiro atoms. The smallest absolute Gasteiger partial charge is 0.246 e. The summed E-state index contributed by atoms with van der Waals surface area (Å²) in [5, 5.41) is 8.83. The van der Waals surface area contributed by atoms with Crippen LogP contribution in [0.25, 0.3) is 0 Å². The first-order valence-corrected chi connectivity index (χ1v) is 9.41. The number of carbonyl (C=O) groups is 2. The summed E-state index contributed by atoms with van der Waals surface area (Å²) >= 11 is 0. The molecule has 2 atom stereocenters. The minimum absolute atomic E-state index is 0.181. The van der Waals surface area contributed by atoms with Gasteiger partial charge in [-0.2, -0.15) is 0 Å². The summed E-state index contributed by atoms with van der Waals surface area (Å²) < 4.78 is 11.0. The van der Waals surface area contributed by atoms with Crippen LogP contribution in [-0.2, 0) is 22.6 Å². The molecule has 0 radical (unpaired) electrons. The van der Waals surface area contributed by atoms with E-state index in [1.165, 1.54) is 5.56 Å². The molecule has 28 heavy (non-hydrogen) atoms. The lowest BCUT2D eigenvalue weighted by atomic mass is 9.95. The molecule has 0 aliphatic carbocycles. The Balaban J connectivity index is 1.34. The van der Waals surface area contributed by atoms with Crippen LogP contribution in [0, 0.1) is 0 Å². The topological polar surface area (TPSA) is 88.7 Å². The Hall–Kier alpha value is -3.06. The van der Waals surface area contributed by atoms with Crippen molar-refractivity contribution < 1.29 is 19.1 Å². The molecule has 0 unspecified atom stereocenters. The summed E-state index contributed by atoms with van der Waals surface area (Å²) in [5.41, 5.74) is 2.96. The van der Waals surface area contributed by atoms with Gasteiger partial charge in [0.1, 0.15) is 19.3 Å². The van der Waals surface area contributed by atoms with Crippen molar-refractivity contribution in [3.05, 3.63) is 53.6 Å². The highest BCUT2D eigenvalue weighted by atomic mass is 16.6. The summed E-state index contributed by atoms with van der Waals surface area (Å²) in [6, 6.07) is 12.3. The molecule has 2 aliphatic rings. The van der Waals surface area contributed by atoms with E-state index >= 15 is 0 Å². The van der Waals surface area contributed by atoms with Crippen LogP contribution in [-0.4, -0.2) is 37.1 Å². The molecule has 0 aromatic heterocycles. The highest BCUT2D eigenvalue weighted by Gasteiger charge is 2.26. The number of fused-ring (bicyclic) bond motifs is 2. The van der Waals surface area contributed by atoms with Crippen molar-refractivity contribution in [3.63, 3.8) is 0 Å². The fourth-order valence-electron chi connectivity index (χ4n) is 3.39. The Morgan fingerprint density at radius 2 is 1.82 bits per heavy atom. The van der Waals surface area contributed by atoms with E-state index in [4.69, 9.17) is 9.47 Å². The van der Waals surface area contributed by atoms with Crippen LogP contribution in [0.4, 0.5) is 5.69 Å². The number of hydrogen-bond acceptors (Lipinski definition) is 5. The van der Waals surface area contributed by atoms with Gasteiger partial charge in [-0.05, 0) is 36.6 Å². The van der Waals surface area contributed by atoms with Crippen molar-refractivity contribution in [1.29, 1.82) is 0 Å². The monoisotopic (exact) mass is 381 g/mol. The quantitative estimate of drug-likeness (QED) is 0.749. The summed E-state index contributed by atoms with van der Waals surface area (Å²) in [5.74, 6) is 0.792. The average Bonchev–Trinajstić information content (AvgIpc) is 2.73. The zero-order valence-corrected chi connectivity index (χ0v) is 15.7. The number of ether oxygens (including phenoxy) is 2. The molecule has 0 fully saturated rings. The summed E-state index contributed by atoms with van der Waals surface area (Å²) in [6.45, 7) is 3.31. The van der Waals surface area contributed by atoms with Crippen molar-refractivity contribution in [3.8, 4) is 11.5 Å². The van der Waals surface area contributed by atoms with E-state index in [-0.39, 0.29) is 17.9 Å². The molecule has 2 aromatic carbocycles. The molecule has 2 heterocycles. The van der Waals surface area contributed by atoms with Crippen molar-refractivity contribution in [1.82, 2.24) is 10.6 Å². The Morgan fingerprint density at radius 1 is 1.07 bits per heavy atom. The maximum Gasteiger partial charge on any atom is 0.246 e. The first-order valence-electron chi connectivity index (χ1n) is 9.41. The standard InChI is InChI=1S/C21H23N3O4/c1-13(20(25)24-16-6-7-18-19(11-16)28-9-8-27-18)23-21(26)17-10-14-4-2-3-5-15(14)12-22-17/h2-7,11,13,17,22H,8-10,12H2,1H3,(H,23,26)(H,24,25)/t13-,17-/m0/s1. The number of carbonyl (C=O) groups excluding carboxylic acids is 2. The lowest BCUT2D eigenvalue weighted by molar-refractivity contribution is -0.127. The maximum atomic E-state index is 12.6. The van der Waals surface area contributed by atoms with E-state index in [0.717, 1.165) is 5.56 Å².